The van der Waals surface area contributed by atoms with Crippen molar-refractivity contribution in [2.45, 2.75) is 71.1 Å². The van der Waals surface area contributed by atoms with Gasteiger partial charge in [0.1, 0.15) is 11.3 Å². The van der Waals surface area contributed by atoms with Crippen LogP contribution >= 0.6 is 0 Å². The van der Waals surface area contributed by atoms with E-state index in [0.717, 1.165) is 55.0 Å². The number of β-amino-alcohol motifs (C(OH)–C–C–N with tert-alkyl or cyclic N) is 1. The van der Waals surface area contributed by atoms with Gasteiger partial charge < -0.3 is 20.6 Å². The summed E-state index contributed by atoms with van der Waals surface area (Å²) in [6.07, 6.45) is 5.07. The molecule has 1 aromatic heterocycles. The molecule has 0 spiro atoms. The van der Waals surface area contributed by atoms with Gasteiger partial charge in [-0.15, -0.1) is 0 Å². The van der Waals surface area contributed by atoms with E-state index in [9.17, 15) is 14.7 Å². The molecule has 1 saturated heterocycles. The Hall–Kier alpha value is -3.98. The van der Waals surface area contributed by atoms with Crippen LogP contribution in [0.25, 0.3) is 11.0 Å². The number of amides is 2. The van der Waals surface area contributed by atoms with Gasteiger partial charge in [0.05, 0.1) is 12.6 Å². The molecule has 47 heavy (non-hydrogen) atoms. The number of fused-ring (bicyclic) bond motifs is 2. The number of aliphatic hydroxyl groups is 1. The number of benzene rings is 3. The summed E-state index contributed by atoms with van der Waals surface area (Å²) in [6, 6.07) is 28.8. The van der Waals surface area contributed by atoms with Crippen molar-refractivity contribution in [1.82, 2.24) is 15.1 Å². The lowest BCUT2D eigenvalue weighted by Gasteiger charge is -2.35. The lowest BCUT2D eigenvalue weighted by Crippen LogP contribution is -2.48. The molecule has 2 aliphatic rings. The Balaban J connectivity index is 0.000000254. The number of nitrogens with zero attached hydrogens (tertiary/aromatic N) is 2. The fraction of sp³-hybridized carbons (Fsp3) is 0.436. The molecule has 1 aliphatic heterocycles. The fourth-order valence-electron chi connectivity index (χ4n) is 6.06. The number of hydrogen-bond acceptors (Lipinski definition) is 6. The second-order valence-electron chi connectivity index (χ2n) is 13.6. The summed E-state index contributed by atoms with van der Waals surface area (Å²) < 4.78 is 5.94. The van der Waals surface area contributed by atoms with Crippen molar-refractivity contribution < 1.29 is 19.1 Å². The predicted octanol–water partition coefficient (Wildman–Crippen LogP) is 5.35. The molecule has 1 aliphatic carbocycles. The van der Waals surface area contributed by atoms with E-state index in [1.165, 1.54) is 19.3 Å². The third-order valence-electron chi connectivity index (χ3n) is 8.58. The van der Waals surface area contributed by atoms with E-state index >= 15 is 0 Å². The first-order valence-corrected chi connectivity index (χ1v) is 16.8. The van der Waals surface area contributed by atoms with Crippen LogP contribution in [0.2, 0.25) is 0 Å². The second kappa shape index (κ2) is 17.8. The van der Waals surface area contributed by atoms with Crippen LogP contribution in [0.3, 0.4) is 0 Å². The Morgan fingerprint density at radius 1 is 0.915 bits per heavy atom. The maximum absolute atomic E-state index is 11.9. The second-order valence-corrected chi connectivity index (χ2v) is 13.6. The molecule has 3 aromatic carbocycles. The van der Waals surface area contributed by atoms with Crippen molar-refractivity contribution in [3.63, 3.8) is 0 Å². The molecule has 8 nitrogen and oxygen atoms in total. The number of carbonyl (C=O) groups is 2. The number of rotatable bonds is 10. The van der Waals surface area contributed by atoms with E-state index in [2.05, 4.69) is 51.5 Å². The summed E-state index contributed by atoms with van der Waals surface area (Å²) in [5.41, 5.74) is 10.7. The first kappa shape index (κ1) is 35.9. The molecule has 0 saturated carbocycles. The van der Waals surface area contributed by atoms with Gasteiger partial charge >= 0.3 is 0 Å². The molecular formula is C39H52N4O4. The van der Waals surface area contributed by atoms with Gasteiger partial charge in [-0.2, -0.15) is 0 Å². The van der Waals surface area contributed by atoms with E-state index in [1.807, 2.05) is 69.3 Å². The summed E-state index contributed by atoms with van der Waals surface area (Å²) in [6.45, 7) is 10.8. The number of furan rings is 1. The Bertz CT molecular complexity index is 1470. The number of nitrogens with two attached hydrogens (primary N) is 1. The van der Waals surface area contributed by atoms with E-state index in [4.69, 9.17) is 10.2 Å². The highest BCUT2D eigenvalue weighted by molar-refractivity contribution is 5.77. The minimum Gasteiger partial charge on any atom is -0.460 e. The van der Waals surface area contributed by atoms with Crippen LogP contribution in [0.5, 0.6) is 0 Å². The average Bonchev–Trinajstić information content (AvgIpc) is 3.69. The smallest absolute Gasteiger partial charge is 0.220 e. The lowest BCUT2D eigenvalue weighted by atomic mass is 9.93. The number of carbonyl (C=O) groups excluding carboxylic acids is 2. The lowest BCUT2D eigenvalue weighted by molar-refractivity contribution is -0.123. The number of para-hydroxylation sites is 1. The van der Waals surface area contributed by atoms with Gasteiger partial charge in [0.2, 0.25) is 12.3 Å². The topological polar surface area (TPSA) is 112 Å². The molecule has 2 atom stereocenters. The Morgan fingerprint density at radius 2 is 1.51 bits per heavy atom. The van der Waals surface area contributed by atoms with Crippen molar-refractivity contribution in [3.05, 3.63) is 107 Å². The number of primary amides is 1. The first-order valence-electron chi connectivity index (χ1n) is 16.8. The monoisotopic (exact) mass is 640 g/mol. The van der Waals surface area contributed by atoms with Crippen LogP contribution in [-0.4, -0.2) is 71.6 Å². The molecule has 0 bridgehead atoms. The number of aliphatic hydroxyl groups excluding tert-OH is 1. The van der Waals surface area contributed by atoms with Crippen molar-refractivity contribution in [1.29, 1.82) is 0 Å². The van der Waals surface area contributed by atoms with Crippen molar-refractivity contribution in [2.75, 3.05) is 32.7 Å². The number of nitrogens with one attached hydrogen (secondary N) is 1. The SMILES string of the molecule is CC(C)(C)NC=O.NC(=O)[C@H](Cc1ccccc1)C[C@H](O)CN1CCN(Cc2cc3ccccc3o2)CC1.c1ccc2c(c1)CCC2. The molecule has 1 fully saturated rings. The molecule has 252 valence electrons. The van der Waals surface area contributed by atoms with Crippen LogP contribution in [0.15, 0.2) is 89.3 Å². The van der Waals surface area contributed by atoms with Gasteiger partial charge in [-0.3, -0.25) is 19.4 Å². The quantitative estimate of drug-likeness (QED) is 0.202. The number of hydrogen-bond donors (Lipinski definition) is 3. The molecule has 2 amide bonds. The van der Waals surface area contributed by atoms with Crippen molar-refractivity contribution in [2.24, 2.45) is 11.7 Å². The minimum atomic E-state index is -0.567. The van der Waals surface area contributed by atoms with Crippen LogP contribution in [0, 0.1) is 5.92 Å². The summed E-state index contributed by atoms with van der Waals surface area (Å²) in [5.74, 6) is 0.283. The van der Waals surface area contributed by atoms with Gasteiger partial charge in [-0.05, 0) is 81.7 Å². The zero-order valence-corrected chi connectivity index (χ0v) is 28.2. The molecule has 0 radical (unpaired) electrons. The van der Waals surface area contributed by atoms with Crippen LogP contribution in [-0.2, 0) is 35.4 Å². The van der Waals surface area contributed by atoms with Gasteiger partial charge in [0.25, 0.3) is 0 Å². The van der Waals surface area contributed by atoms with Crippen LogP contribution < -0.4 is 11.1 Å². The minimum absolute atomic E-state index is 0.0677. The summed E-state index contributed by atoms with van der Waals surface area (Å²) >= 11 is 0. The maximum atomic E-state index is 11.9. The highest BCUT2D eigenvalue weighted by Gasteiger charge is 2.24. The van der Waals surface area contributed by atoms with Gasteiger partial charge in [-0.1, -0.05) is 72.8 Å². The molecule has 8 heteroatoms. The Labute approximate surface area is 279 Å². The largest absolute Gasteiger partial charge is 0.460 e. The Kier molecular flexibility index (Phi) is 13.6. The summed E-state index contributed by atoms with van der Waals surface area (Å²) in [5, 5.41) is 14.3. The van der Waals surface area contributed by atoms with Gasteiger partial charge in [0, 0.05) is 49.6 Å². The highest BCUT2D eigenvalue weighted by atomic mass is 16.3. The molecule has 6 rings (SSSR count). The zero-order chi connectivity index (χ0) is 33.6. The Morgan fingerprint density at radius 3 is 2.09 bits per heavy atom. The van der Waals surface area contributed by atoms with Gasteiger partial charge in [0.15, 0.2) is 0 Å². The predicted molar refractivity (Wildman–Crippen MR) is 189 cm³/mol. The van der Waals surface area contributed by atoms with E-state index in [0.29, 0.717) is 25.8 Å². The first-order chi connectivity index (χ1) is 22.6. The normalized spacial score (nSPS) is 16.2. The fourth-order valence-corrected chi connectivity index (χ4v) is 6.06. The molecular weight excluding hydrogens is 588 g/mol. The number of piperazine rings is 1. The van der Waals surface area contributed by atoms with Crippen molar-refractivity contribution >= 4 is 23.3 Å². The van der Waals surface area contributed by atoms with E-state index < -0.39 is 6.10 Å². The van der Waals surface area contributed by atoms with Crippen LogP contribution in [0.1, 0.15) is 56.1 Å². The third-order valence-corrected chi connectivity index (χ3v) is 8.58. The molecule has 2 heterocycles. The highest BCUT2D eigenvalue weighted by Crippen LogP contribution is 2.22. The van der Waals surface area contributed by atoms with E-state index in [-0.39, 0.29) is 17.4 Å². The van der Waals surface area contributed by atoms with E-state index in [1.54, 1.807) is 11.1 Å². The molecule has 4 aromatic rings. The summed E-state index contributed by atoms with van der Waals surface area (Å²) in [7, 11) is 0. The zero-order valence-electron chi connectivity index (χ0n) is 28.2. The summed E-state index contributed by atoms with van der Waals surface area (Å²) in [4.78, 5) is 26.2. The standard InChI is InChI=1S/C25H31N3O3.C9H10.C5H11NO/c26-25(30)21(14-19-6-2-1-3-7-19)15-22(29)17-27-10-12-28(13-11-27)18-23-16-20-8-4-5-9-24(20)31-23;1-2-5-9-7-3-6-8(9)4-1;1-5(2,3)6-4-7/h1-9,16,21-22,29H,10-15,17-18H2,(H2,26,30);1-2,4-5H,3,6-7H2;4H,1-3H3,(H,6,7)/t21-,22+;;/m1../s1. The number of aryl methyl sites for hydroxylation is 2. The maximum Gasteiger partial charge on any atom is 0.220 e. The van der Waals surface area contributed by atoms with Crippen LogP contribution in [0.4, 0.5) is 0 Å². The van der Waals surface area contributed by atoms with Gasteiger partial charge in [-0.25, -0.2) is 0 Å². The average molecular weight is 641 g/mol. The molecule has 4 N–H and O–H groups in total. The van der Waals surface area contributed by atoms with Crippen molar-refractivity contribution in [3.8, 4) is 0 Å². The molecule has 0 unspecified atom stereocenters. The third kappa shape index (κ3) is 12.3.